The molecular weight excluding hydrogens is 189 g/mol. The second-order valence-corrected chi connectivity index (χ2v) is 3.91. The molecule has 0 aromatic heterocycles. The van der Waals surface area contributed by atoms with Gasteiger partial charge in [0.2, 0.25) is 0 Å². The van der Waals surface area contributed by atoms with Crippen molar-refractivity contribution < 1.29 is 39.5 Å². The van der Waals surface area contributed by atoms with Crippen LogP contribution >= 0.6 is 0 Å². The van der Waals surface area contributed by atoms with Crippen molar-refractivity contribution in [2.45, 2.75) is 32.6 Å². The largest absolute Gasteiger partial charge is 1.00 e. The third-order valence-electron chi connectivity index (χ3n) is 2.57. The molecule has 0 radical (unpaired) electrons. The number of hydrogen-bond acceptors (Lipinski definition) is 3. The van der Waals surface area contributed by atoms with Gasteiger partial charge in [0, 0.05) is 19.1 Å². The Bertz CT molecular complexity index is 170. The van der Waals surface area contributed by atoms with Crippen LogP contribution in [0, 0.1) is 5.92 Å². The number of rotatable bonds is 6. The zero-order valence-corrected chi connectivity index (χ0v) is 11.3. The maximum Gasteiger partial charge on any atom is 1.00 e. The van der Waals surface area contributed by atoms with Crippen LogP contribution in [-0.4, -0.2) is 30.5 Å². The van der Waals surface area contributed by atoms with Gasteiger partial charge in [-0.25, -0.2) is 0 Å². The Balaban J connectivity index is 0.00000169. The third-order valence-corrected chi connectivity index (χ3v) is 2.57. The summed E-state index contributed by atoms with van der Waals surface area (Å²) in [6.07, 6.45) is 4.01. The Morgan fingerprint density at radius 3 is 2.57 bits per heavy atom. The van der Waals surface area contributed by atoms with Gasteiger partial charge in [-0.1, -0.05) is 19.8 Å². The molecule has 14 heavy (non-hydrogen) atoms. The van der Waals surface area contributed by atoms with Gasteiger partial charge in [-0.15, -0.1) is 0 Å². The summed E-state index contributed by atoms with van der Waals surface area (Å²) in [7, 11) is 0. The molecule has 0 N–H and O–H groups in total. The molecule has 76 valence electrons. The Hall–Kier alpha value is 0.430. The molecule has 1 aliphatic heterocycles. The number of aliphatic carboxylic acids is 1. The molecule has 0 bridgehead atoms. The molecule has 3 nitrogen and oxygen atoms in total. The quantitative estimate of drug-likeness (QED) is 0.350. The van der Waals surface area contributed by atoms with E-state index in [1.165, 1.54) is 19.3 Å². The number of nitrogens with zero attached hydrogens (tertiary/aromatic N) is 1. The van der Waals surface area contributed by atoms with Crippen LogP contribution < -0.4 is 34.7 Å². The Labute approximate surface area is 108 Å². The van der Waals surface area contributed by atoms with Crippen molar-refractivity contribution in [1.82, 2.24) is 4.90 Å². The zero-order valence-electron chi connectivity index (χ0n) is 9.29. The predicted octanol–water partition coefficient (Wildman–Crippen LogP) is -2.75. The van der Waals surface area contributed by atoms with E-state index in [9.17, 15) is 9.90 Å². The number of carboxylic acid groups (broad SMARTS) is 1. The maximum atomic E-state index is 10.2. The molecule has 0 aliphatic carbocycles. The number of hydrogen-bond donors (Lipinski definition) is 0. The van der Waals surface area contributed by atoms with Crippen LogP contribution in [0.1, 0.15) is 32.6 Å². The van der Waals surface area contributed by atoms with Crippen molar-refractivity contribution in [2.24, 2.45) is 5.92 Å². The van der Waals surface area contributed by atoms with Gasteiger partial charge in [-0.2, -0.15) is 0 Å². The van der Waals surface area contributed by atoms with Crippen molar-refractivity contribution in [2.75, 3.05) is 19.6 Å². The standard InChI is InChI=1S/C10H19NO2.Na/c1-2-3-4-5-11-7-9(8-11)6-10(12)13;/h9H,2-8H2,1H3,(H,12,13);/q;+1/p-1. The van der Waals surface area contributed by atoms with E-state index >= 15 is 0 Å². The van der Waals surface area contributed by atoms with E-state index in [0.717, 1.165) is 19.6 Å². The number of likely N-dealkylation sites (tertiary alicyclic amines) is 1. The van der Waals surface area contributed by atoms with Crippen molar-refractivity contribution in [3.63, 3.8) is 0 Å². The average Bonchev–Trinajstić information content (AvgIpc) is 1.99. The van der Waals surface area contributed by atoms with E-state index in [4.69, 9.17) is 0 Å². The van der Waals surface area contributed by atoms with Crippen LogP contribution in [0.3, 0.4) is 0 Å². The Morgan fingerprint density at radius 1 is 1.43 bits per heavy atom. The van der Waals surface area contributed by atoms with Gasteiger partial charge in [-0.05, 0) is 25.3 Å². The van der Waals surface area contributed by atoms with E-state index in [2.05, 4.69) is 11.8 Å². The normalized spacial score (nSPS) is 17.2. The van der Waals surface area contributed by atoms with Crippen LogP contribution in [0.5, 0.6) is 0 Å². The molecule has 0 atom stereocenters. The molecule has 0 unspecified atom stereocenters. The van der Waals surface area contributed by atoms with Gasteiger partial charge in [0.15, 0.2) is 0 Å². The monoisotopic (exact) mass is 207 g/mol. The molecule has 0 aromatic carbocycles. The van der Waals surface area contributed by atoms with E-state index in [-0.39, 0.29) is 36.0 Å². The molecule has 0 spiro atoms. The molecule has 1 aliphatic rings. The molecule has 0 aromatic rings. The van der Waals surface area contributed by atoms with Crippen molar-refractivity contribution in [3.05, 3.63) is 0 Å². The second kappa shape index (κ2) is 7.69. The second-order valence-electron chi connectivity index (χ2n) is 3.91. The van der Waals surface area contributed by atoms with Crippen molar-refractivity contribution in [3.8, 4) is 0 Å². The van der Waals surface area contributed by atoms with Gasteiger partial charge in [0.1, 0.15) is 0 Å². The molecule has 1 saturated heterocycles. The van der Waals surface area contributed by atoms with Gasteiger partial charge < -0.3 is 14.8 Å². The molecule has 0 amide bonds. The minimum Gasteiger partial charge on any atom is -0.550 e. The molecular formula is C10H18NNaO2. The van der Waals surface area contributed by atoms with Crippen LogP contribution in [-0.2, 0) is 4.79 Å². The number of carbonyl (C=O) groups excluding carboxylic acids is 1. The first-order chi connectivity index (χ1) is 6.22. The smallest absolute Gasteiger partial charge is 0.550 e. The van der Waals surface area contributed by atoms with Crippen LogP contribution in [0.2, 0.25) is 0 Å². The first-order valence-corrected chi connectivity index (χ1v) is 5.14. The van der Waals surface area contributed by atoms with Crippen LogP contribution in [0.15, 0.2) is 0 Å². The summed E-state index contributed by atoms with van der Waals surface area (Å²) < 4.78 is 0. The molecule has 1 fully saturated rings. The first kappa shape index (κ1) is 14.4. The molecule has 1 rings (SSSR count). The summed E-state index contributed by atoms with van der Waals surface area (Å²) in [5, 5.41) is 10.2. The summed E-state index contributed by atoms with van der Waals surface area (Å²) in [6.45, 7) is 5.24. The topological polar surface area (TPSA) is 43.4 Å². The Kier molecular flexibility index (Phi) is 7.92. The van der Waals surface area contributed by atoms with Gasteiger partial charge in [0.25, 0.3) is 0 Å². The fourth-order valence-corrected chi connectivity index (χ4v) is 1.81. The van der Waals surface area contributed by atoms with E-state index in [0.29, 0.717) is 5.92 Å². The summed E-state index contributed by atoms with van der Waals surface area (Å²) >= 11 is 0. The minimum atomic E-state index is -0.904. The Morgan fingerprint density at radius 2 is 2.07 bits per heavy atom. The molecule has 0 saturated carbocycles. The molecule has 1 heterocycles. The zero-order chi connectivity index (χ0) is 9.68. The fraction of sp³-hybridized carbons (Fsp3) is 0.900. The summed E-state index contributed by atoms with van der Waals surface area (Å²) in [5.41, 5.74) is 0. The van der Waals surface area contributed by atoms with Crippen molar-refractivity contribution >= 4 is 5.97 Å². The number of unbranched alkanes of at least 4 members (excludes halogenated alkanes) is 2. The van der Waals surface area contributed by atoms with Gasteiger partial charge in [0.05, 0.1) is 0 Å². The van der Waals surface area contributed by atoms with Gasteiger partial charge >= 0.3 is 29.6 Å². The van der Waals surface area contributed by atoms with Gasteiger partial charge in [-0.3, -0.25) is 0 Å². The SMILES string of the molecule is CCCCCN1CC(CC(=O)[O-])C1.[Na+]. The molecule has 4 heteroatoms. The van der Waals surface area contributed by atoms with E-state index < -0.39 is 5.97 Å². The number of carbonyl (C=O) groups is 1. The summed E-state index contributed by atoms with van der Waals surface area (Å²) in [4.78, 5) is 12.6. The number of carboxylic acids is 1. The van der Waals surface area contributed by atoms with E-state index in [1.807, 2.05) is 0 Å². The summed E-state index contributed by atoms with van der Waals surface area (Å²) in [5.74, 6) is -0.551. The summed E-state index contributed by atoms with van der Waals surface area (Å²) in [6, 6.07) is 0. The van der Waals surface area contributed by atoms with E-state index in [1.54, 1.807) is 0 Å². The first-order valence-electron chi connectivity index (χ1n) is 5.14. The minimum absolute atomic E-state index is 0. The van der Waals surface area contributed by atoms with Crippen LogP contribution in [0.25, 0.3) is 0 Å². The predicted molar refractivity (Wildman–Crippen MR) is 49.1 cm³/mol. The third kappa shape index (κ3) is 5.35. The van der Waals surface area contributed by atoms with Crippen molar-refractivity contribution in [1.29, 1.82) is 0 Å². The fourth-order valence-electron chi connectivity index (χ4n) is 1.81. The average molecular weight is 207 g/mol. The maximum absolute atomic E-state index is 10.2. The van der Waals surface area contributed by atoms with Crippen LogP contribution in [0.4, 0.5) is 0 Å².